The molecule has 0 aliphatic heterocycles. The van der Waals surface area contributed by atoms with Crippen molar-refractivity contribution in [2.24, 2.45) is 0 Å². The van der Waals surface area contributed by atoms with Crippen molar-refractivity contribution in [3.63, 3.8) is 0 Å². The predicted molar refractivity (Wildman–Crippen MR) is 62.7 cm³/mol. The first-order valence-electron chi connectivity index (χ1n) is 4.36. The van der Waals surface area contributed by atoms with Gasteiger partial charge in [0.25, 0.3) is 10.0 Å². The van der Waals surface area contributed by atoms with Crippen LogP contribution < -0.4 is 5.73 Å². The van der Waals surface area contributed by atoms with Crippen LogP contribution in [0.4, 0.5) is 5.13 Å². The fraction of sp³-hybridized carbons (Fsp3) is 0.250. The molecule has 8 heteroatoms. The van der Waals surface area contributed by atoms with E-state index in [1.54, 1.807) is 0 Å². The van der Waals surface area contributed by atoms with Crippen LogP contribution in [0.15, 0.2) is 12.4 Å². The maximum Gasteiger partial charge on any atom is 0.250 e. The topological polar surface area (TPSA) is 90.9 Å². The molecule has 0 aliphatic rings. The van der Waals surface area contributed by atoms with E-state index in [9.17, 15) is 8.42 Å². The second-order valence-corrected chi connectivity index (χ2v) is 6.20. The third-order valence-corrected chi connectivity index (χ3v) is 3.89. The van der Waals surface area contributed by atoms with Crippen molar-refractivity contribution in [2.75, 3.05) is 12.0 Å². The van der Waals surface area contributed by atoms with Crippen LogP contribution in [0.5, 0.6) is 0 Å². The van der Waals surface area contributed by atoms with E-state index < -0.39 is 10.0 Å². The molecule has 0 radical (unpaired) electrons. The van der Waals surface area contributed by atoms with E-state index in [-0.39, 0.29) is 0 Å². The van der Waals surface area contributed by atoms with Gasteiger partial charge in [0.05, 0.1) is 29.2 Å². The van der Waals surface area contributed by atoms with Crippen molar-refractivity contribution < 1.29 is 8.42 Å². The molecule has 2 aromatic heterocycles. The van der Waals surface area contributed by atoms with Gasteiger partial charge in [-0.2, -0.15) is 9.19 Å². The zero-order valence-electron chi connectivity index (χ0n) is 8.71. The smallest absolute Gasteiger partial charge is 0.250 e. The van der Waals surface area contributed by atoms with E-state index in [4.69, 9.17) is 5.73 Å². The van der Waals surface area contributed by atoms with Crippen LogP contribution >= 0.6 is 11.3 Å². The summed E-state index contributed by atoms with van der Waals surface area (Å²) in [5, 5.41) is 4.24. The van der Waals surface area contributed by atoms with Gasteiger partial charge in [-0.25, -0.2) is 13.4 Å². The van der Waals surface area contributed by atoms with E-state index in [2.05, 4.69) is 10.1 Å². The Labute approximate surface area is 96.8 Å². The maximum absolute atomic E-state index is 11.2. The fourth-order valence-corrected chi connectivity index (χ4v) is 2.62. The Morgan fingerprint density at radius 2 is 2.19 bits per heavy atom. The Balaban J connectivity index is 2.51. The number of hydrogen-bond donors (Lipinski definition) is 1. The number of hydrogen-bond acceptors (Lipinski definition) is 6. The molecule has 6 nitrogen and oxygen atoms in total. The Hall–Kier alpha value is -1.41. The molecule has 0 spiro atoms. The molecule has 0 bridgehead atoms. The summed E-state index contributed by atoms with van der Waals surface area (Å²) in [4.78, 5) is 4.91. The molecule has 2 heterocycles. The average molecular weight is 258 g/mol. The second kappa shape index (κ2) is 3.56. The van der Waals surface area contributed by atoms with Gasteiger partial charge in [-0.1, -0.05) is 11.3 Å². The molecule has 0 unspecified atom stereocenters. The normalized spacial score (nSPS) is 11.9. The van der Waals surface area contributed by atoms with Gasteiger partial charge in [0.1, 0.15) is 0 Å². The monoisotopic (exact) mass is 258 g/mol. The van der Waals surface area contributed by atoms with Gasteiger partial charge in [-0.05, 0) is 6.92 Å². The highest BCUT2D eigenvalue weighted by Gasteiger charge is 2.13. The van der Waals surface area contributed by atoms with E-state index in [1.165, 1.54) is 23.7 Å². The minimum Gasteiger partial charge on any atom is -0.375 e. The molecular weight excluding hydrogens is 248 g/mol. The summed E-state index contributed by atoms with van der Waals surface area (Å²) < 4.78 is 23.4. The second-order valence-electron chi connectivity index (χ2n) is 3.33. The first-order valence-corrected chi connectivity index (χ1v) is 7.03. The highest BCUT2D eigenvalue weighted by molar-refractivity contribution is 7.89. The quantitative estimate of drug-likeness (QED) is 0.856. The van der Waals surface area contributed by atoms with Crippen LogP contribution in [0.2, 0.25) is 0 Å². The highest BCUT2D eigenvalue weighted by atomic mass is 32.2. The summed E-state index contributed by atoms with van der Waals surface area (Å²) >= 11 is 1.31. The number of rotatable bonds is 2. The molecule has 0 saturated carbocycles. The third kappa shape index (κ3) is 1.93. The molecule has 0 fully saturated rings. The van der Waals surface area contributed by atoms with Crippen LogP contribution in [-0.2, 0) is 10.0 Å². The molecular formula is C8H10N4O2S2. The van der Waals surface area contributed by atoms with Gasteiger partial charge >= 0.3 is 0 Å². The Morgan fingerprint density at radius 1 is 1.50 bits per heavy atom. The number of aromatic nitrogens is 3. The Kier molecular flexibility index (Phi) is 2.47. The summed E-state index contributed by atoms with van der Waals surface area (Å²) in [6, 6.07) is 0. The largest absolute Gasteiger partial charge is 0.375 e. The van der Waals surface area contributed by atoms with Gasteiger partial charge in [0, 0.05) is 5.56 Å². The number of thiazole rings is 1. The van der Waals surface area contributed by atoms with Crippen molar-refractivity contribution in [2.45, 2.75) is 6.92 Å². The van der Waals surface area contributed by atoms with Crippen molar-refractivity contribution in [1.82, 2.24) is 14.2 Å². The van der Waals surface area contributed by atoms with Crippen molar-refractivity contribution in [3.05, 3.63) is 18.1 Å². The molecule has 0 saturated heterocycles. The zero-order valence-corrected chi connectivity index (χ0v) is 10.3. The van der Waals surface area contributed by atoms with Crippen LogP contribution in [0.3, 0.4) is 0 Å². The SMILES string of the molecule is Cc1nc(N)sc1-c1cnn(S(C)(=O)=O)c1. The van der Waals surface area contributed by atoms with Crippen LogP contribution in [0.25, 0.3) is 10.4 Å². The number of nitrogens with zero attached hydrogens (tertiary/aromatic N) is 3. The van der Waals surface area contributed by atoms with E-state index >= 15 is 0 Å². The third-order valence-electron chi connectivity index (χ3n) is 1.98. The highest BCUT2D eigenvalue weighted by Crippen LogP contribution is 2.30. The Bertz CT molecular complexity index is 626. The minimum atomic E-state index is -3.34. The molecule has 16 heavy (non-hydrogen) atoms. The van der Waals surface area contributed by atoms with Crippen molar-refractivity contribution in [3.8, 4) is 10.4 Å². The average Bonchev–Trinajstić information content (AvgIpc) is 2.70. The lowest BCUT2D eigenvalue weighted by molar-refractivity contribution is 0.586. The fourth-order valence-electron chi connectivity index (χ4n) is 1.29. The van der Waals surface area contributed by atoms with Crippen LogP contribution in [0, 0.1) is 6.92 Å². The van der Waals surface area contributed by atoms with Gasteiger partial charge in [-0.15, -0.1) is 0 Å². The van der Waals surface area contributed by atoms with Gasteiger partial charge in [0.2, 0.25) is 0 Å². The summed E-state index contributed by atoms with van der Waals surface area (Å²) in [5.74, 6) is 0. The van der Waals surface area contributed by atoms with Gasteiger partial charge in [-0.3, -0.25) is 0 Å². The summed E-state index contributed by atoms with van der Waals surface area (Å²) in [6.45, 7) is 1.82. The number of aryl methyl sites for hydroxylation is 1. The van der Waals surface area contributed by atoms with Crippen molar-refractivity contribution >= 4 is 26.5 Å². The first kappa shape index (κ1) is 11.1. The van der Waals surface area contributed by atoms with Gasteiger partial charge in [0.15, 0.2) is 5.13 Å². The molecule has 86 valence electrons. The molecule has 0 aromatic carbocycles. The van der Waals surface area contributed by atoms with Crippen molar-refractivity contribution in [1.29, 1.82) is 0 Å². The van der Waals surface area contributed by atoms with Gasteiger partial charge < -0.3 is 5.73 Å². The lowest BCUT2D eigenvalue weighted by atomic mass is 10.2. The molecule has 2 N–H and O–H groups in total. The number of nitrogens with two attached hydrogens (primary N) is 1. The molecule has 2 aromatic rings. The zero-order chi connectivity index (χ0) is 11.9. The summed E-state index contributed by atoms with van der Waals surface area (Å²) in [7, 11) is -3.34. The van der Waals surface area contributed by atoms with E-state index in [0.717, 1.165) is 20.9 Å². The van der Waals surface area contributed by atoms with E-state index in [1.807, 2.05) is 6.92 Å². The lowest BCUT2D eigenvalue weighted by Gasteiger charge is -1.94. The lowest BCUT2D eigenvalue weighted by Crippen LogP contribution is -2.09. The number of anilines is 1. The maximum atomic E-state index is 11.2. The van der Waals surface area contributed by atoms with E-state index in [0.29, 0.717) is 10.7 Å². The van der Waals surface area contributed by atoms with Crippen LogP contribution in [0.1, 0.15) is 5.69 Å². The Morgan fingerprint density at radius 3 is 2.62 bits per heavy atom. The summed E-state index contributed by atoms with van der Waals surface area (Å²) in [6.07, 6.45) is 4.04. The minimum absolute atomic E-state index is 0.458. The molecule has 0 amide bonds. The first-order chi connectivity index (χ1) is 7.38. The standard InChI is InChI=1S/C8H10N4O2S2/c1-5-7(15-8(9)11-5)6-3-10-12(4-6)16(2,13)14/h3-4H,1-2H3,(H2,9,11). The summed E-state index contributed by atoms with van der Waals surface area (Å²) in [5.41, 5.74) is 7.05. The molecule has 0 atom stereocenters. The number of nitrogen functional groups attached to an aromatic ring is 1. The molecule has 0 aliphatic carbocycles. The predicted octanol–water partition coefficient (Wildman–Crippen LogP) is 0.705. The van der Waals surface area contributed by atoms with Crippen LogP contribution in [-0.4, -0.2) is 28.8 Å². The molecule has 2 rings (SSSR count).